The van der Waals surface area contributed by atoms with E-state index in [0.717, 1.165) is 27.9 Å². The monoisotopic (exact) mass is 398 g/mol. The van der Waals surface area contributed by atoms with Crippen LogP contribution in [0.2, 0.25) is 0 Å². The molecule has 2 aromatic rings. The maximum absolute atomic E-state index is 4.43. The average Bonchev–Trinajstić information content (AvgIpc) is 3.06. The molecule has 6 nitrogen and oxygen atoms in total. The molecule has 0 aromatic carbocycles. The van der Waals surface area contributed by atoms with Gasteiger partial charge in [0.25, 0.3) is 0 Å². The van der Waals surface area contributed by atoms with Gasteiger partial charge in [0.05, 0.1) is 28.8 Å². The van der Waals surface area contributed by atoms with Crippen LogP contribution in [0.15, 0.2) is 27.1 Å². The number of aromatic nitrogens is 2. The van der Waals surface area contributed by atoms with E-state index >= 15 is 0 Å². The van der Waals surface area contributed by atoms with Crippen molar-refractivity contribution in [3.63, 3.8) is 0 Å². The fraction of sp³-hybridized carbons (Fsp3) is 0.467. The van der Waals surface area contributed by atoms with Gasteiger partial charge < -0.3 is 19.7 Å². The fourth-order valence-corrected chi connectivity index (χ4v) is 3.85. The van der Waals surface area contributed by atoms with E-state index in [1.54, 1.807) is 18.4 Å². The molecule has 0 saturated heterocycles. The largest absolute Gasteiger partial charge is 0.351 e. The number of imidazole rings is 1. The Morgan fingerprint density at radius 3 is 2.65 bits per heavy atom. The molecule has 1 N–H and O–H groups in total. The normalized spacial score (nSPS) is 11.7. The number of aliphatic imine (C=N–C) groups is 1. The fourth-order valence-electron chi connectivity index (χ4n) is 2.31. The van der Waals surface area contributed by atoms with Crippen molar-refractivity contribution in [3.8, 4) is 0 Å². The summed E-state index contributed by atoms with van der Waals surface area (Å²) in [6, 6.07) is 4.20. The van der Waals surface area contributed by atoms with E-state index in [1.165, 1.54) is 4.88 Å². The van der Waals surface area contributed by atoms with Gasteiger partial charge in [-0.15, -0.1) is 11.3 Å². The Labute approximate surface area is 150 Å². The highest BCUT2D eigenvalue weighted by molar-refractivity contribution is 9.11. The highest BCUT2D eigenvalue weighted by Crippen LogP contribution is 2.23. The van der Waals surface area contributed by atoms with E-state index in [1.807, 2.05) is 39.3 Å². The molecule has 8 heteroatoms. The van der Waals surface area contributed by atoms with Crippen molar-refractivity contribution in [2.24, 2.45) is 12.0 Å². The molecule has 126 valence electrons. The van der Waals surface area contributed by atoms with Crippen LogP contribution in [0.4, 0.5) is 5.95 Å². The minimum absolute atomic E-state index is 0.683. The zero-order valence-electron chi connectivity index (χ0n) is 14.2. The van der Waals surface area contributed by atoms with Gasteiger partial charge in [-0.2, -0.15) is 0 Å². The Morgan fingerprint density at radius 1 is 1.39 bits per heavy atom. The molecule has 2 rings (SSSR count). The van der Waals surface area contributed by atoms with Crippen LogP contribution in [0, 0.1) is 0 Å². The summed E-state index contributed by atoms with van der Waals surface area (Å²) < 4.78 is 3.23. The number of rotatable bonds is 5. The van der Waals surface area contributed by atoms with Crippen molar-refractivity contribution in [3.05, 3.63) is 32.7 Å². The third kappa shape index (κ3) is 4.48. The predicted octanol–water partition coefficient (Wildman–Crippen LogP) is 2.52. The lowest BCUT2D eigenvalue weighted by Crippen LogP contribution is -2.38. The van der Waals surface area contributed by atoms with E-state index in [2.05, 4.69) is 52.8 Å². The number of anilines is 1. The molecule has 2 heterocycles. The van der Waals surface area contributed by atoms with Crippen LogP contribution in [0.1, 0.15) is 10.6 Å². The van der Waals surface area contributed by atoms with Crippen LogP contribution in [-0.2, 0) is 20.1 Å². The van der Waals surface area contributed by atoms with Crippen LogP contribution < -0.4 is 10.2 Å². The van der Waals surface area contributed by atoms with E-state index in [-0.39, 0.29) is 0 Å². The molecule has 23 heavy (non-hydrogen) atoms. The van der Waals surface area contributed by atoms with Crippen LogP contribution >= 0.6 is 27.3 Å². The Bertz CT molecular complexity index is 675. The van der Waals surface area contributed by atoms with Crippen molar-refractivity contribution >= 4 is 39.2 Å². The summed E-state index contributed by atoms with van der Waals surface area (Å²) in [5.41, 5.74) is 1.11. The zero-order valence-corrected chi connectivity index (χ0v) is 16.6. The van der Waals surface area contributed by atoms with E-state index in [0.29, 0.717) is 6.54 Å². The minimum Gasteiger partial charge on any atom is -0.351 e. The zero-order chi connectivity index (χ0) is 17.0. The standard InChI is InChI=1S/C15H23BrN6S/c1-17-14(21(4)10-12-6-7-13(16)23-12)18-8-11-9-19-15(20(2)3)22(11)5/h6-7,9H,8,10H2,1-5H3,(H,17,18). The topological polar surface area (TPSA) is 48.7 Å². The first-order valence-electron chi connectivity index (χ1n) is 7.26. The molecule has 0 spiro atoms. The van der Waals surface area contributed by atoms with Crippen molar-refractivity contribution in [1.82, 2.24) is 19.8 Å². The smallest absolute Gasteiger partial charge is 0.204 e. The van der Waals surface area contributed by atoms with Crippen molar-refractivity contribution < 1.29 is 0 Å². The summed E-state index contributed by atoms with van der Waals surface area (Å²) in [6.45, 7) is 1.51. The summed E-state index contributed by atoms with van der Waals surface area (Å²) in [5.74, 6) is 1.80. The Balaban J connectivity index is 1.97. The number of guanidine groups is 1. The number of hydrogen-bond donors (Lipinski definition) is 1. The quantitative estimate of drug-likeness (QED) is 0.620. The Hall–Kier alpha value is -1.54. The van der Waals surface area contributed by atoms with Gasteiger partial charge in [0.15, 0.2) is 5.96 Å². The Morgan fingerprint density at radius 2 is 2.13 bits per heavy atom. The molecular weight excluding hydrogens is 376 g/mol. The van der Waals surface area contributed by atoms with Crippen molar-refractivity contribution in [1.29, 1.82) is 0 Å². The number of hydrogen-bond acceptors (Lipinski definition) is 4. The second kappa shape index (κ2) is 7.83. The van der Waals surface area contributed by atoms with E-state index in [9.17, 15) is 0 Å². The first-order valence-corrected chi connectivity index (χ1v) is 8.87. The molecule has 0 saturated carbocycles. The van der Waals surface area contributed by atoms with Gasteiger partial charge in [-0.05, 0) is 28.1 Å². The van der Waals surface area contributed by atoms with Gasteiger partial charge in [-0.25, -0.2) is 4.98 Å². The van der Waals surface area contributed by atoms with Gasteiger partial charge in [0.2, 0.25) is 5.95 Å². The lowest BCUT2D eigenvalue weighted by molar-refractivity contribution is 0.480. The maximum Gasteiger partial charge on any atom is 0.204 e. The number of nitrogens with one attached hydrogen (secondary N) is 1. The molecule has 0 aliphatic heterocycles. The molecule has 0 radical (unpaired) electrons. The third-order valence-electron chi connectivity index (χ3n) is 3.48. The average molecular weight is 399 g/mol. The molecule has 0 unspecified atom stereocenters. The molecule has 0 amide bonds. The van der Waals surface area contributed by atoms with Gasteiger partial charge in [0.1, 0.15) is 0 Å². The minimum atomic E-state index is 0.683. The van der Waals surface area contributed by atoms with Crippen molar-refractivity contribution in [2.75, 3.05) is 33.1 Å². The molecular formula is C15H23BrN6S. The van der Waals surface area contributed by atoms with Gasteiger partial charge in [-0.1, -0.05) is 0 Å². The molecule has 0 bridgehead atoms. The van der Waals surface area contributed by atoms with E-state index in [4.69, 9.17) is 0 Å². The summed E-state index contributed by atoms with van der Waals surface area (Å²) in [5, 5.41) is 3.40. The summed E-state index contributed by atoms with van der Waals surface area (Å²) >= 11 is 5.24. The predicted molar refractivity (Wildman–Crippen MR) is 101 cm³/mol. The first-order chi connectivity index (χ1) is 10.9. The van der Waals surface area contributed by atoms with Crippen LogP contribution in [0.3, 0.4) is 0 Å². The van der Waals surface area contributed by atoms with Crippen molar-refractivity contribution in [2.45, 2.75) is 13.1 Å². The third-order valence-corrected chi connectivity index (χ3v) is 5.09. The van der Waals surface area contributed by atoms with Crippen LogP contribution in [0.5, 0.6) is 0 Å². The summed E-state index contributed by atoms with van der Waals surface area (Å²) in [7, 11) is 9.85. The van der Waals surface area contributed by atoms with Gasteiger partial charge in [0, 0.05) is 40.1 Å². The second-order valence-corrected chi connectivity index (χ2v) is 8.01. The molecule has 0 aliphatic rings. The van der Waals surface area contributed by atoms with Gasteiger partial charge >= 0.3 is 0 Å². The first kappa shape index (κ1) is 17.8. The summed E-state index contributed by atoms with van der Waals surface area (Å²) in [6.07, 6.45) is 1.89. The Kier molecular flexibility index (Phi) is 6.06. The van der Waals surface area contributed by atoms with Gasteiger partial charge in [-0.3, -0.25) is 4.99 Å². The second-order valence-electron chi connectivity index (χ2n) is 5.47. The number of thiophene rings is 1. The molecule has 0 fully saturated rings. The summed E-state index contributed by atoms with van der Waals surface area (Å²) in [4.78, 5) is 14.2. The SMILES string of the molecule is CN=C(NCc1cnc(N(C)C)n1C)N(C)Cc1ccc(Br)s1. The maximum atomic E-state index is 4.43. The van der Waals surface area contributed by atoms with E-state index < -0.39 is 0 Å². The highest BCUT2D eigenvalue weighted by Gasteiger charge is 2.11. The van der Waals surface area contributed by atoms with Crippen LogP contribution in [-0.4, -0.2) is 48.6 Å². The molecule has 0 atom stereocenters. The lowest BCUT2D eigenvalue weighted by Gasteiger charge is -2.21. The highest BCUT2D eigenvalue weighted by atomic mass is 79.9. The number of nitrogens with zero attached hydrogens (tertiary/aromatic N) is 5. The molecule has 0 aliphatic carbocycles. The van der Waals surface area contributed by atoms with Crippen LogP contribution in [0.25, 0.3) is 0 Å². The number of halogens is 1. The lowest BCUT2D eigenvalue weighted by atomic mass is 10.4. The molecule has 2 aromatic heterocycles.